The SMILES string of the molecule is COc1ccc(/C(O)=C2\C(=O)C(=O)N(c3ccc(F)cc3F)C2c2ccccc2)cc1Cl. The van der Waals surface area contributed by atoms with Crippen LogP contribution in [0.3, 0.4) is 0 Å². The van der Waals surface area contributed by atoms with E-state index in [1.165, 1.54) is 25.3 Å². The highest BCUT2D eigenvalue weighted by Crippen LogP contribution is 2.43. The molecule has 0 saturated carbocycles. The van der Waals surface area contributed by atoms with Gasteiger partial charge < -0.3 is 9.84 Å². The monoisotopic (exact) mass is 455 g/mol. The summed E-state index contributed by atoms with van der Waals surface area (Å²) in [6.07, 6.45) is 0. The molecule has 1 aliphatic heterocycles. The lowest BCUT2D eigenvalue weighted by atomic mass is 9.95. The lowest BCUT2D eigenvalue weighted by Crippen LogP contribution is -2.30. The van der Waals surface area contributed by atoms with E-state index in [-0.39, 0.29) is 21.8 Å². The Hall–Kier alpha value is -3.71. The molecule has 4 rings (SSSR count). The molecule has 162 valence electrons. The van der Waals surface area contributed by atoms with Crippen LogP contribution >= 0.6 is 11.6 Å². The second kappa shape index (κ2) is 8.43. The predicted octanol–water partition coefficient (Wildman–Crippen LogP) is 5.25. The summed E-state index contributed by atoms with van der Waals surface area (Å²) in [5.41, 5.74) is 0.103. The van der Waals surface area contributed by atoms with Gasteiger partial charge >= 0.3 is 0 Å². The number of ether oxygens (including phenoxy) is 1. The molecule has 8 heteroatoms. The fourth-order valence-corrected chi connectivity index (χ4v) is 3.94. The summed E-state index contributed by atoms with van der Waals surface area (Å²) in [5.74, 6) is -4.02. The van der Waals surface area contributed by atoms with Crippen LogP contribution in [0.2, 0.25) is 5.02 Å². The number of nitrogens with zero attached hydrogens (tertiary/aromatic N) is 1. The van der Waals surface area contributed by atoms with E-state index in [2.05, 4.69) is 0 Å². The van der Waals surface area contributed by atoms with Gasteiger partial charge in [-0.1, -0.05) is 41.9 Å². The average Bonchev–Trinajstić information content (AvgIpc) is 3.04. The van der Waals surface area contributed by atoms with Gasteiger partial charge in [-0.3, -0.25) is 14.5 Å². The van der Waals surface area contributed by atoms with E-state index in [9.17, 15) is 23.5 Å². The maximum absolute atomic E-state index is 14.6. The number of Topliss-reactive ketones (excluding diaryl/α,β-unsaturated/α-hetero) is 1. The molecule has 1 saturated heterocycles. The Labute approximate surface area is 187 Å². The third kappa shape index (κ3) is 3.61. The Bertz CT molecular complexity index is 1260. The number of anilines is 1. The van der Waals surface area contributed by atoms with Crippen molar-refractivity contribution >= 4 is 34.7 Å². The van der Waals surface area contributed by atoms with Gasteiger partial charge in [-0.2, -0.15) is 0 Å². The molecule has 0 radical (unpaired) electrons. The van der Waals surface area contributed by atoms with Gasteiger partial charge in [0.25, 0.3) is 11.7 Å². The number of hydrogen-bond donors (Lipinski definition) is 1. The molecule has 1 unspecified atom stereocenters. The lowest BCUT2D eigenvalue weighted by molar-refractivity contribution is -0.132. The highest BCUT2D eigenvalue weighted by Gasteiger charge is 2.47. The van der Waals surface area contributed by atoms with Gasteiger partial charge in [0.15, 0.2) is 0 Å². The van der Waals surface area contributed by atoms with Crippen molar-refractivity contribution in [2.45, 2.75) is 6.04 Å². The minimum Gasteiger partial charge on any atom is -0.507 e. The van der Waals surface area contributed by atoms with Gasteiger partial charge in [-0.15, -0.1) is 0 Å². The molecule has 1 fully saturated rings. The highest BCUT2D eigenvalue weighted by atomic mass is 35.5. The number of methoxy groups -OCH3 is 1. The van der Waals surface area contributed by atoms with Gasteiger partial charge in [0.05, 0.1) is 29.4 Å². The Kier molecular flexibility index (Phi) is 5.67. The summed E-state index contributed by atoms with van der Waals surface area (Å²) in [6.45, 7) is 0. The van der Waals surface area contributed by atoms with Crippen LogP contribution < -0.4 is 9.64 Å². The predicted molar refractivity (Wildman–Crippen MR) is 116 cm³/mol. The van der Waals surface area contributed by atoms with Crippen LogP contribution in [0.5, 0.6) is 5.75 Å². The highest BCUT2D eigenvalue weighted by molar-refractivity contribution is 6.51. The van der Waals surface area contributed by atoms with Crippen molar-refractivity contribution < 1.29 is 28.2 Å². The summed E-state index contributed by atoms with van der Waals surface area (Å²) in [4.78, 5) is 26.9. The maximum atomic E-state index is 14.6. The quantitative estimate of drug-likeness (QED) is 0.331. The summed E-state index contributed by atoms with van der Waals surface area (Å²) >= 11 is 6.15. The third-order valence-corrected chi connectivity index (χ3v) is 5.45. The number of halogens is 3. The first-order valence-electron chi connectivity index (χ1n) is 9.48. The van der Waals surface area contributed by atoms with Crippen molar-refractivity contribution in [1.82, 2.24) is 0 Å². The van der Waals surface area contributed by atoms with Gasteiger partial charge in [-0.05, 0) is 35.9 Å². The first kappa shape index (κ1) is 21.5. The van der Waals surface area contributed by atoms with Crippen molar-refractivity contribution in [3.05, 3.63) is 100 Å². The Balaban J connectivity index is 1.95. The molecule has 1 aliphatic rings. The van der Waals surface area contributed by atoms with Crippen LogP contribution in [0.4, 0.5) is 14.5 Å². The largest absolute Gasteiger partial charge is 0.507 e. The zero-order valence-corrected chi connectivity index (χ0v) is 17.4. The number of benzene rings is 3. The van der Waals surface area contributed by atoms with Crippen LogP contribution in [0, 0.1) is 11.6 Å². The minimum absolute atomic E-state index is 0.175. The molecule has 32 heavy (non-hydrogen) atoms. The molecule has 0 aromatic heterocycles. The van der Waals surface area contributed by atoms with Crippen LogP contribution in [0.1, 0.15) is 17.2 Å². The standard InChI is InChI=1S/C24H16ClF2NO4/c1-32-19-10-7-14(11-16(19)25)22(29)20-21(13-5-3-2-4-6-13)28(24(31)23(20)30)18-9-8-15(26)12-17(18)27/h2-12,21,29H,1H3/b22-20+. The zero-order valence-electron chi connectivity index (χ0n) is 16.7. The molecule has 1 amide bonds. The van der Waals surface area contributed by atoms with Crippen molar-refractivity contribution in [3.63, 3.8) is 0 Å². The van der Waals surface area contributed by atoms with E-state index in [4.69, 9.17) is 16.3 Å². The summed E-state index contributed by atoms with van der Waals surface area (Å²) < 4.78 is 33.2. The molecular formula is C24H16ClF2NO4. The smallest absolute Gasteiger partial charge is 0.300 e. The first-order chi connectivity index (χ1) is 15.3. The summed E-state index contributed by atoms with van der Waals surface area (Å²) in [7, 11) is 1.43. The normalized spacial score (nSPS) is 17.6. The van der Waals surface area contributed by atoms with Crippen LogP contribution in [0.15, 0.2) is 72.3 Å². The lowest BCUT2D eigenvalue weighted by Gasteiger charge is -2.25. The van der Waals surface area contributed by atoms with Crippen molar-refractivity contribution in [2.75, 3.05) is 12.0 Å². The molecule has 5 nitrogen and oxygen atoms in total. The van der Waals surface area contributed by atoms with Gasteiger partial charge in [0.2, 0.25) is 0 Å². The third-order valence-electron chi connectivity index (χ3n) is 5.15. The number of aliphatic hydroxyl groups excluding tert-OH is 1. The summed E-state index contributed by atoms with van der Waals surface area (Å²) in [5, 5.41) is 11.2. The van der Waals surface area contributed by atoms with E-state index in [0.717, 1.165) is 17.0 Å². The molecule has 3 aromatic carbocycles. The number of carbonyl (C=O) groups is 2. The first-order valence-corrected chi connectivity index (χ1v) is 9.86. The number of carbonyl (C=O) groups excluding carboxylic acids is 2. The Morgan fingerprint density at radius 1 is 1.03 bits per heavy atom. The Morgan fingerprint density at radius 3 is 2.38 bits per heavy atom. The molecule has 0 bridgehead atoms. The van der Waals surface area contributed by atoms with Crippen LogP contribution in [-0.2, 0) is 9.59 Å². The van der Waals surface area contributed by atoms with Crippen molar-refractivity contribution in [2.24, 2.45) is 0 Å². The molecule has 1 heterocycles. The maximum Gasteiger partial charge on any atom is 0.300 e. The molecule has 1 N–H and O–H groups in total. The zero-order chi connectivity index (χ0) is 23.0. The van der Waals surface area contributed by atoms with E-state index in [1.54, 1.807) is 30.3 Å². The fraction of sp³-hybridized carbons (Fsp3) is 0.0833. The second-order valence-corrected chi connectivity index (χ2v) is 7.43. The van der Waals surface area contributed by atoms with E-state index >= 15 is 0 Å². The van der Waals surface area contributed by atoms with Gasteiger partial charge in [0, 0.05) is 11.6 Å². The van der Waals surface area contributed by atoms with Crippen LogP contribution in [0.25, 0.3) is 5.76 Å². The second-order valence-electron chi connectivity index (χ2n) is 7.02. The van der Waals surface area contributed by atoms with Gasteiger partial charge in [0.1, 0.15) is 23.1 Å². The Morgan fingerprint density at radius 2 is 1.75 bits per heavy atom. The van der Waals surface area contributed by atoms with E-state index < -0.39 is 35.1 Å². The number of hydrogen-bond acceptors (Lipinski definition) is 4. The topological polar surface area (TPSA) is 66.8 Å². The molecule has 1 atom stereocenters. The van der Waals surface area contributed by atoms with E-state index in [0.29, 0.717) is 17.4 Å². The average molecular weight is 456 g/mol. The number of amides is 1. The number of rotatable bonds is 4. The van der Waals surface area contributed by atoms with E-state index in [1.807, 2.05) is 0 Å². The van der Waals surface area contributed by atoms with Crippen molar-refractivity contribution in [3.8, 4) is 5.75 Å². The van der Waals surface area contributed by atoms with Crippen LogP contribution in [-0.4, -0.2) is 23.9 Å². The minimum atomic E-state index is -1.14. The fourth-order valence-electron chi connectivity index (χ4n) is 3.68. The number of ketones is 1. The van der Waals surface area contributed by atoms with Gasteiger partial charge in [-0.25, -0.2) is 8.78 Å². The molecule has 0 spiro atoms. The molecule has 0 aliphatic carbocycles. The van der Waals surface area contributed by atoms with Crippen molar-refractivity contribution in [1.29, 1.82) is 0 Å². The molecule has 3 aromatic rings. The summed E-state index contributed by atoms with van der Waals surface area (Å²) in [6, 6.07) is 14.3. The molecular weight excluding hydrogens is 440 g/mol. The number of aliphatic hydroxyl groups is 1.